The van der Waals surface area contributed by atoms with E-state index in [2.05, 4.69) is 97.9 Å². The average Bonchev–Trinajstić information content (AvgIpc) is 3.34. The molecule has 0 aromatic heterocycles. The Bertz CT molecular complexity index is 799. The summed E-state index contributed by atoms with van der Waals surface area (Å²) in [6.07, 6.45) is 0. The summed E-state index contributed by atoms with van der Waals surface area (Å²) in [4.78, 5) is 0. The Morgan fingerprint density at radius 2 is 1.04 bits per heavy atom. The van der Waals surface area contributed by atoms with Crippen molar-refractivity contribution in [2.45, 2.75) is 12.5 Å². The van der Waals surface area contributed by atoms with E-state index in [1.165, 1.54) is 27.8 Å². The van der Waals surface area contributed by atoms with E-state index in [1.54, 1.807) is 0 Å². The largest absolute Gasteiger partial charge is 0.361 e. The van der Waals surface area contributed by atoms with Crippen LogP contribution in [0.25, 0.3) is 11.1 Å². The van der Waals surface area contributed by atoms with Gasteiger partial charge in [-0.1, -0.05) is 91.0 Å². The molecule has 0 radical (unpaired) electrons. The Labute approximate surface area is 143 Å². The molecule has 4 rings (SSSR count). The van der Waals surface area contributed by atoms with Crippen LogP contribution >= 0.6 is 0 Å². The SMILES string of the molecule is CCOC1(c2ccccc2)C(c2ccccc2)=C1c1ccccc1. The number of hydrogen-bond acceptors (Lipinski definition) is 1. The van der Waals surface area contributed by atoms with Gasteiger partial charge < -0.3 is 4.74 Å². The van der Waals surface area contributed by atoms with Gasteiger partial charge in [-0.15, -0.1) is 0 Å². The van der Waals surface area contributed by atoms with E-state index in [1.807, 2.05) is 0 Å². The second-order valence-corrected chi connectivity index (χ2v) is 5.96. The predicted molar refractivity (Wildman–Crippen MR) is 99.4 cm³/mol. The van der Waals surface area contributed by atoms with Crippen LogP contribution < -0.4 is 0 Å². The van der Waals surface area contributed by atoms with Gasteiger partial charge in [0.1, 0.15) is 5.60 Å². The van der Waals surface area contributed by atoms with Gasteiger partial charge in [0.15, 0.2) is 0 Å². The minimum absolute atomic E-state index is 0.432. The first-order valence-electron chi connectivity index (χ1n) is 8.43. The Morgan fingerprint density at radius 1 is 0.625 bits per heavy atom. The van der Waals surface area contributed by atoms with Crippen LogP contribution in [0.3, 0.4) is 0 Å². The highest BCUT2D eigenvalue weighted by atomic mass is 16.5. The van der Waals surface area contributed by atoms with Crippen LogP contribution in [0.4, 0.5) is 0 Å². The molecule has 3 aromatic rings. The first-order valence-corrected chi connectivity index (χ1v) is 8.43. The Morgan fingerprint density at radius 3 is 1.46 bits per heavy atom. The second-order valence-electron chi connectivity index (χ2n) is 5.96. The molecule has 0 heterocycles. The highest BCUT2D eigenvalue weighted by molar-refractivity contribution is 6.17. The second kappa shape index (κ2) is 6.10. The van der Waals surface area contributed by atoms with Crippen LogP contribution in [-0.4, -0.2) is 6.61 Å². The topological polar surface area (TPSA) is 9.23 Å². The fourth-order valence-corrected chi connectivity index (χ4v) is 3.57. The lowest BCUT2D eigenvalue weighted by atomic mass is 9.96. The van der Waals surface area contributed by atoms with E-state index in [9.17, 15) is 0 Å². The molecule has 0 atom stereocenters. The normalized spacial score (nSPS) is 15.4. The number of benzene rings is 3. The lowest BCUT2D eigenvalue weighted by Crippen LogP contribution is -2.18. The number of rotatable bonds is 5. The molecule has 1 aliphatic carbocycles. The van der Waals surface area contributed by atoms with Crippen LogP contribution in [0.2, 0.25) is 0 Å². The maximum absolute atomic E-state index is 6.39. The summed E-state index contributed by atoms with van der Waals surface area (Å²) in [5.74, 6) is 0. The van der Waals surface area contributed by atoms with Gasteiger partial charge >= 0.3 is 0 Å². The van der Waals surface area contributed by atoms with Gasteiger partial charge in [-0.25, -0.2) is 0 Å². The van der Waals surface area contributed by atoms with Gasteiger partial charge in [-0.3, -0.25) is 0 Å². The predicted octanol–water partition coefficient (Wildman–Crippen LogP) is 5.54. The Kier molecular flexibility index (Phi) is 3.79. The zero-order valence-corrected chi connectivity index (χ0v) is 13.8. The molecule has 0 bridgehead atoms. The molecule has 1 aliphatic rings. The molecular weight excluding hydrogens is 292 g/mol. The van der Waals surface area contributed by atoms with Crippen molar-refractivity contribution >= 4 is 11.1 Å². The smallest absolute Gasteiger partial charge is 0.145 e. The van der Waals surface area contributed by atoms with Crippen molar-refractivity contribution in [1.29, 1.82) is 0 Å². The van der Waals surface area contributed by atoms with Crippen LogP contribution in [0.5, 0.6) is 0 Å². The lowest BCUT2D eigenvalue weighted by molar-refractivity contribution is 0.0707. The molecule has 0 unspecified atom stereocenters. The first kappa shape index (κ1) is 14.9. The average molecular weight is 312 g/mol. The molecule has 0 saturated carbocycles. The summed E-state index contributed by atoms with van der Waals surface area (Å²) in [5.41, 5.74) is 5.79. The number of ether oxygens (including phenoxy) is 1. The highest BCUT2D eigenvalue weighted by Gasteiger charge is 2.56. The summed E-state index contributed by atoms with van der Waals surface area (Å²) in [5, 5.41) is 0. The van der Waals surface area contributed by atoms with Crippen molar-refractivity contribution in [3.05, 3.63) is 108 Å². The highest BCUT2D eigenvalue weighted by Crippen LogP contribution is 2.65. The van der Waals surface area contributed by atoms with E-state index in [0.29, 0.717) is 6.61 Å². The molecule has 0 amide bonds. The van der Waals surface area contributed by atoms with Crippen LogP contribution in [-0.2, 0) is 10.3 Å². The summed E-state index contributed by atoms with van der Waals surface area (Å²) < 4.78 is 6.39. The zero-order valence-electron chi connectivity index (χ0n) is 13.8. The van der Waals surface area contributed by atoms with Gasteiger partial charge in [-0.05, 0) is 23.6 Å². The van der Waals surface area contributed by atoms with E-state index < -0.39 is 5.60 Å². The van der Waals surface area contributed by atoms with Crippen molar-refractivity contribution in [1.82, 2.24) is 0 Å². The minimum Gasteiger partial charge on any atom is -0.361 e. The molecule has 0 aliphatic heterocycles. The summed E-state index contributed by atoms with van der Waals surface area (Å²) in [6.45, 7) is 2.73. The fraction of sp³-hybridized carbons (Fsp3) is 0.130. The fourth-order valence-electron chi connectivity index (χ4n) is 3.57. The van der Waals surface area contributed by atoms with Gasteiger partial charge in [0.25, 0.3) is 0 Å². The van der Waals surface area contributed by atoms with Gasteiger partial charge in [0, 0.05) is 17.8 Å². The van der Waals surface area contributed by atoms with E-state index in [0.717, 1.165) is 0 Å². The molecule has 3 aromatic carbocycles. The van der Waals surface area contributed by atoms with Crippen LogP contribution in [0, 0.1) is 0 Å². The molecule has 1 heteroatoms. The third kappa shape index (κ3) is 2.29. The van der Waals surface area contributed by atoms with E-state index in [4.69, 9.17) is 4.74 Å². The monoisotopic (exact) mass is 312 g/mol. The van der Waals surface area contributed by atoms with Gasteiger partial charge in [-0.2, -0.15) is 0 Å². The van der Waals surface area contributed by atoms with Crippen LogP contribution in [0.1, 0.15) is 23.6 Å². The van der Waals surface area contributed by atoms with Crippen molar-refractivity contribution in [2.75, 3.05) is 6.61 Å². The van der Waals surface area contributed by atoms with Crippen molar-refractivity contribution < 1.29 is 4.74 Å². The standard InChI is InChI=1S/C23H20O/c1-2-24-23(20-16-10-5-11-17-20)21(18-12-6-3-7-13-18)22(23)19-14-8-4-9-15-19/h3-17H,2H2,1H3. The van der Waals surface area contributed by atoms with Gasteiger partial charge in [0.05, 0.1) is 0 Å². The quantitative estimate of drug-likeness (QED) is 0.601. The molecule has 0 spiro atoms. The summed E-state index contributed by atoms with van der Waals surface area (Å²) >= 11 is 0. The molecule has 24 heavy (non-hydrogen) atoms. The maximum atomic E-state index is 6.39. The Balaban J connectivity index is 1.91. The van der Waals surface area contributed by atoms with Crippen molar-refractivity contribution in [3.8, 4) is 0 Å². The zero-order chi connectivity index (χ0) is 16.4. The third-order valence-electron chi connectivity index (χ3n) is 4.56. The first-order chi connectivity index (χ1) is 11.9. The summed E-state index contributed by atoms with van der Waals surface area (Å²) in [6, 6.07) is 31.7. The third-order valence-corrected chi connectivity index (χ3v) is 4.56. The Hall–Kier alpha value is -2.64. The molecule has 0 N–H and O–H groups in total. The maximum Gasteiger partial charge on any atom is 0.145 e. The van der Waals surface area contributed by atoms with Crippen molar-refractivity contribution in [3.63, 3.8) is 0 Å². The molecule has 1 nitrogen and oxygen atoms in total. The molecule has 0 saturated heterocycles. The van der Waals surface area contributed by atoms with Crippen LogP contribution in [0.15, 0.2) is 91.0 Å². The molecule has 0 fully saturated rings. The van der Waals surface area contributed by atoms with Gasteiger partial charge in [0.2, 0.25) is 0 Å². The van der Waals surface area contributed by atoms with E-state index in [-0.39, 0.29) is 0 Å². The van der Waals surface area contributed by atoms with Crippen molar-refractivity contribution in [2.24, 2.45) is 0 Å². The minimum atomic E-state index is -0.432. The number of hydrogen-bond donors (Lipinski definition) is 0. The molecular formula is C23H20O. The summed E-state index contributed by atoms with van der Waals surface area (Å²) in [7, 11) is 0. The van der Waals surface area contributed by atoms with E-state index >= 15 is 0 Å². The molecule has 118 valence electrons. The lowest BCUT2D eigenvalue weighted by Gasteiger charge is -2.22.